The van der Waals surface area contributed by atoms with Crippen molar-refractivity contribution in [1.82, 2.24) is 5.32 Å². The van der Waals surface area contributed by atoms with Gasteiger partial charge < -0.3 is 10.4 Å². The van der Waals surface area contributed by atoms with Gasteiger partial charge in [-0.05, 0) is 50.6 Å². The van der Waals surface area contributed by atoms with Gasteiger partial charge in [-0.1, -0.05) is 6.92 Å². The van der Waals surface area contributed by atoms with Crippen molar-refractivity contribution in [3.63, 3.8) is 0 Å². The highest BCUT2D eigenvalue weighted by Crippen LogP contribution is 2.24. The smallest absolute Gasteiger partial charge is 0.0431 e. The Bertz CT molecular complexity index is 110. The maximum atomic E-state index is 8.70. The van der Waals surface area contributed by atoms with Crippen LogP contribution in [0.25, 0.3) is 0 Å². The number of hydrogen-bond donors (Lipinski definition) is 2. The molecule has 12 heavy (non-hydrogen) atoms. The van der Waals surface area contributed by atoms with E-state index >= 15 is 0 Å². The Morgan fingerprint density at radius 3 is 2.67 bits per heavy atom. The van der Waals surface area contributed by atoms with Crippen LogP contribution in [0.5, 0.6) is 0 Å². The standard InChI is InChI=1S/C10H21NO/c1-9(3-2-8-12)10-4-6-11-7-5-10/h9-12H,2-8H2,1H3. The van der Waals surface area contributed by atoms with Gasteiger partial charge in [-0.15, -0.1) is 0 Å². The van der Waals surface area contributed by atoms with Gasteiger partial charge in [-0.3, -0.25) is 0 Å². The summed E-state index contributed by atoms with van der Waals surface area (Å²) in [4.78, 5) is 0. The van der Waals surface area contributed by atoms with E-state index in [0.717, 1.165) is 18.3 Å². The number of hydrogen-bond acceptors (Lipinski definition) is 2. The molecule has 1 aliphatic rings. The summed E-state index contributed by atoms with van der Waals surface area (Å²) < 4.78 is 0. The number of aliphatic hydroxyl groups excluding tert-OH is 1. The van der Waals surface area contributed by atoms with E-state index in [9.17, 15) is 0 Å². The van der Waals surface area contributed by atoms with Crippen LogP contribution in [0, 0.1) is 11.8 Å². The molecule has 0 bridgehead atoms. The highest BCUT2D eigenvalue weighted by atomic mass is 16.2. The predicted octanol–water partition coefficient (Wildman–Crippen LogP) is 1.39. The molecule has 2 heteroatoms. The van der Waals surface area contributed by atoms with Gasteiger partial charge in [0.25, 0.3) is 0 Å². The van der Waals surface area contributed by atoms with E-state index in [1.807, 2.05) is 0 Å². The fourth-order valence-corrected chi connectivity index (χ4v) is 2.06. The lowest BCUT2D eigenvalue weighted by molar-refractivity contribution is 0.227. The largest absolute Gasteiger partial charge is 0.396 e. The van der Waals surface area contributed by atoms with Gasteiger partial charge >= 0.3 is 0 Å². The minimum atomic E-state index is 0.356. The number of piperidine rings is 1. The van der Waals surface area contributed by atoms with Crippen LogP contribution in [0.3, 0.4) is 0 Å². The summed E-state index contributed by atoms with van der Waals surface area (Å²) in [6.45, 7) is 5.06. The Morgan fingerprint density at radius 1 is 1.42 bits per heavy atom. The first-order chi connectivity index (χ1) is 5.84. The van der Waals surface area contributed by atoms with Gasteiger partial charge in [0.1, 0.15) is 0 Å². The first kappa shape index (κ1) is 10.0. The third kappa shape index (κ3) is 3.11. The Balaban J connectivity index is 2.15. The molecule has 0 radical (unpaired) electrons. The zero-order valence-electron chi connectivity index (χ0n) is 8.05. The molecule has 1 rings (SSSR count). The third-order valence-electron chi connectivity index (χ3n) is 3.01. The van der Waals surface area contributed by atoms with Crippen molar-refractivity contribution in [2.45, 2.75) is 32.6 Å². The molecule has 2 nitrogen and oxygen atoms in total. The molecular formula is C10H21NO. The zero-order valence-corrected chi connectivity index (χ0v) is 8.05. The van der Waals surface area contributed by atoms with E-state index in [4.69, 9.17) is 5.11 Å². The van der Waals surface area contributed by atoms with Gasteiger partial charge in [0, 0.05) is 6.61 Å². The molecule has 2 N–H and O–H groups in total. The summed E-state index contributed by atoms with van der Waals surface area (Å²) in [5.74, 6) is 1.71. The minimum absolute atomic E-state index is 0.356. The third-order valence-corrected chi connectivity index (χ3v) is 3.01. The molecule has 0 aromatic heterocycles. The van der Waals surface area contributed by atoms with E-state index in [-0.39, 0.29) is 0 Å². The van der Waals surface area contributed by atoms with E-state index < -0.39 is 0 Å². The van der Waals surface area contributed by atoms with Gasteiger partial charge in [0.05, 0.1) is 0 Å². The normalized spacial score (nSPS) is 22.5. The van der Waals surface area contributed by atoms with E-state index in [2.05, 4.69) is 12.2 Å². The monoisotopic (exact) mass is 171 g/mol. The van der Waals surface area contributed by atoms with Crippen LogP contribution in [0.4, 0.5) is 0 Å². The summed E-state index contributed by atoms with van der Waals surface area (Å²) >= 11 is 0. The SMILES string of the molecule is CC(CCCO)C1CCNCC1. The van der Waals surface area contributed by atoms with Crippen LogP contribution >= 0.6 is 0 Å². The second kappa shape index (κ2) is 5.55. The summed E-state index contributed by atoms with van der Waals surface area (Å²) in [5.41, 5.74) is 0. The summed E-state index contributed by atoms with van der Waals surface area (Å²) in [7, 11) is 0. The molecule has 0 saturated carbocycles. The molecule has 1 aliphatic heterocycles. The van der Waals surface area contributed by atoms with Crippen molar-refractivity contribution < 1.29 is 5.11 Å². The lowest BCUT2D eigenvalue weighted by Gasteiger charge is -2.28. The number of rotatable bonds is 4. The maximum Gasteiger partial charge on any atom is 0.0431 e. The molecule has 1 saturated heterocycles. The second-order valence-electron chi connectivity index (χ2n) is 3.93. The minimum Gasteiger partial charge on any atom is -0.396 e. The van der Waals surface area contributed by atoms with Crippen molar-refractivity contribution in [1.29, 1.82) is 0 Å². The Labute approximate surface area is 75.4 Å². The zero-order chi connectivity index (χ0) is 8.81. The predicted molar refractivity (Wildman–Crippen MR) is 51.1 cm³/mol. The highest BCUT2D eigenvalue weighted by Gasteiger charge is 2.18. The van der Waals surface area contributed by atoms with Crippen LogP contribution < -0.4 is 5.32 Å². The lowest BCUT2D eigenvalue weighted by atomic mass is 9.83. The summed E-state index contributed by atoms with van der Waals surface area (Å²) in [5, 5.41) is 12.1. The molecular weight excluding hydrogens is 150 g/mol. The van der Waals surface area contributed by atoms with Crippen molar-refractivity contribution in [2.24, 2.45) is 11.8 Å². The van der Waals surface area contributed by atoms with E-state index in [1.165, 1.54) is 32.4 Å². The quantitative estimate of drug-likeness (QED) is 0.670. The van der Waals surface area contributed by atoms with Gasteiger partial charge in [0.2, 0.25) is 0 Å². The maximum absolute atomic E-state index is 8.70. The highest BCUT2D eigenvalue weighted by molar-refractivity contribution is 4.73. The van der Waals surface area contributed by atoms with Crippen LogP contribution in [-0.4, -0.2) is 24.8 Å². The Hall–Kier alpha value is -0.0800. The van der Waals surface area contributed by atoms with Crippen molar-refractivity contribution in [2.75, 3.05) is 19.7 Å². The molecule has 1 heterocycles. The lowest BCUT2D eigenvalue weighted by Crippen LogP contribution is -2.30. The number of aliphatic hydroxyl groups is 1. The van der Waals surface area contributed by atoms with E-state index in [1.54, 1.807) is 0 Å². The molecule has 0 aromatic carbocycles. The first-order valence-electron chi connectivity index (χ1n) is 5.16. The van der Waals surface area contributed by atoms with Crippen LogP contribution in [0.15, 0.2) is 0 Å². The van der Waals surface area contributed by atoms with Crippen LogP contribution in [0.2, 0.25) is 0 Å². The molecule has 0 aromatic rings. The second-order valence-corrected chi connectivity index (χ2v) is 3.93. The molecule has 72 valence electrons. The summed E-state index contributed by atoms with van der Waals surface area (Å²) in [6.07, 6.45) is 4.82. The average Bonchev–Trinajstić information content (AvgIpc) is 2.15. The number of nitrogens with one attached hydrogen (secondary N) is 1. The molecule has 1 unspecified atom stereocenters. The van der Waals surface area contributed by atoms with Crippen molar-refractivity contribution >= 4 is 0 Å². The van der Waals surface area contributed by atoms with E-state index in [0.29, 0.717) is 6.61 Å². The van der Waals surface area contributed by atoms with Gasteiger partial charge in [-0.25, -0.2) is 0 Å². The molecule has 0 amide bonds. The molecule has 1 atom stereocenters. The molecule has 0 aliphatic carbocycles. The van der Waals surface area contributed by atoms with Gasteiger partial charge in [-0.2, -0.15) is 0 Å². The fraction of sp³-hybridized carbons (Fsp3) is 1.00. The topological polar surface area (TPSA) is 32.3 Å². The fourth-order valence-electron chi connectivity index (χ4n) is 2.06. The first-order valence-corrected chi connectivity index (χ1v) is 5.16. The molecule has 0 spiro atoms. The Kier molecular flexibility index (Phi) is 4.62. The summed E-state index contributed by atoms with van der Waals surface area (Å²) in [6, 6.07) is 0. The molecule has 1 fully saturated rings. The van der Waals surface area contributed by atoms with Crippen LogP contribution in [-0.2, 0) is 0 Å². The van der Waals surface area contributed by atoms with Crippen molar-refractivity contribution in [3.05, 3.63) is 0 Å². The average molecular weight is 171 g/mol. The van der Waals surface area contributed by atoms with Crippen LogP contribution in [0.1, 0.15) is 32.6 Å². The Morgan fingerprint density at radius 2 is 2.08 bits per heavy atom. The van der Waals surface area contributed by atoms with Gasteiger partial charge in [0.15, 0.2) is 0 Å². The van der Waals surface area contributed by atoms with Crippen molar-refractivity contribution in [3.8, 4) is 0 Å².